The fourth-order valence-electron chi connectivity index (χ4n) is 4.85. The Kier molecular flexibility index (Phi) is 7.15. The minimum absolute atomic E-state index is 0.0347. The Morgan fingerprint density at radius 1 is 1.19 bits per heavy atom. The van der Waals surface area contributed by atoms with Gasteiger partial charge in [0.1, 0.15) is 16.9 Å². The second kappa shape index (κ2) is 10.3. The van der Waals surface area contributed by atoms with E-state index in [-0.39, 0.29) is 11.3 Å². The number of hydrogen-bond donors (Lipinski definition) is 0. The Balaban J connectivity index is 1.31. The summed E-state index contributed by atoms with van der Waals surface area (Å²) in [6.45, 7) is 7.50. The molecule has 2 aliphatic rings. The number of methoxy groups -OCH3 is 1. The van der Waals surface area contributed by atoms with E-state index < -0.39 is 0 Å². The van der Waals surface area contributed by atoms with Gasteiger partial charge in [-0.3, -0.25) is 19.6 Å². The van der Waals surface area contributed by atoms with E-state index >= 15 is 0 Å². The summed E-state index contributed by atoms with van der Waals surface area (Å²) in [6, 6.07) is 16.3. The van der Waals surface area contributed by atoms with Crippen molar-refractivity contribution in [1.29, 1.82) is 0 Å². The molecule has 2 aromatic carbocycles. The molecule has 0 saturated heterocycles. The third-order valence-electron chi connectivity index (χ3n) is 6.63. The van der Waals surface area contributed by atoms with Crippen LogP contribution in [0.1, 0.15) is 55.4 Å². The molecule has 0 bridgehead atoms. The summed E-state index contributed by atoms with van der Waals surface area (Å²) in [5.74, 6) is 1.44. The summed E-state index contributed by atoms with van der Waals surface area (Å²) >= 11 is 7.84. The molecular formula is C28H30ClN3O3S. The number of carbonyl (C=O) groups is 1. The monoisotopic (exact) mass is 523 g/mol. The van der Waals surface area contributed by atoms with E-state index in [4.69, 9.17) is 21.1 Å². The van der Waals surface area contributed by atoms with E-state index in [9.17, 15) is 4.79 Å². The van der Waals surface area contributed by atoms with Gasteiger partial charge in [-0.1, -0.05) is 29.4 Å². The Morgan fingerprint density at radius 2 is 2.03 bits per heavy atom. The van der Waals surface area contributed by atoms with Gasteiger partial charge < -0.3 is 9.47 Å². The van der Waals surface area contributed by atoms with Crippen molar-refractivity contribution in [3.63, 3.8) is 0 Å². The van der Waals surface area contributed by atoms with Crippen LogP contribution in [0.5, 0.6) is 11.5 Å². The first-order valence-corrected chi connectivity index (χ1v) is 13.4. The normalized spacial score (nSPS) is 17.8. The molecule has 0 saturated carbocycles. The van der Waals surface area contributed by atoms with Gasteiger partial charge >= 0.3 is 0 Å². The van der Waals surface area contributed by atoms with Crippen molar-refractivity contribution in [3.8, 4) is 11.5 Å². The first kappa shape index (κ1) is 24.9. The summed E-state index contributed by atoms with van der Waals surface area (Å²) in [6.07, 6.45) is 2.74. The van der Waals surface area contributed by atoms with Crippen LogP contribution in [0.4, 0.5) is 5.69 Å². The van der Waals surface area contributed by atoms with E-state index in [1.807, 2.05) is 48.7 Å². The maximum Gasteiger partial charge on any atom is 0.225 e. The molecule has 2 unspecified atom stereocenters. The van der Waals surface area contributed by atoms with Crippen molar-refractivity contribution in [2.45, 2.75) is 49.5 Å². The van der Waals surface area contributed by atoms with E-state index in [0.29, 0.717) is 23.7 Å². The number of benzene rings is 2. The van der Waals surface area contributed by atoms with Crippen molar-refractivity contribution in [1.82, 2.24) is 9.88 Å². The molecule has 1 aliphatic heterocycles. The van der Waals surface area contributed by atoms with E-state index in [1.54, 1.807) is 30.7 Å². The lowest BCUT2D eigenvalue weighted by atomic mass is 10.1. The van der Waals surface area contributed by atoms with Gasteiger partial charge in [0.25, 0.3) is 0 Å². The van der Waals surface area contributed by atoms with Gasteiger partial charge in [0.2, 0.25) is 5.91 Å². The first-order valence-electron chi connectivity index (χ1n) is 12.2. The molecule has 8 heteroatoms. The molecule has 0 N–H and O–H groups in total. The number of rotatable bonds is 9. The average Bonchev–Trinajstić information content (AvgIpc) is 3.45. The number of nitrogens with zero attached hydrogens (tertiary/aromatic N) is 3. The first-order chi connectivity index (χ1) is 17.4. The third-order valence-corrected chi connectivity index (χ3v) is 8.14. The standard InChI is InChI=1S/C28H30ClN3O3S/c1-17(2)31(27-21-7-5-12-30-26(21)27)13-6-14-35-24-11-9-20(34-4)16-22(24)28-32(18(3)33)23-10-8-19(29)15-25(23)36-28/h5,7-12,15-17,27-28H,6,13-14H2,1-4H3. The number of fused-ring (bicyclic) bond motifs is 2. The number of amides is 1. The molecule has 1 aliphatic carbocycles. The highest BCUT2D eigenvalue weighted by atomic mass is 35.5. The Morgan fingerprint density at radius 3 is 2.72 bits per heavy atom. The highest BCUT2D eigenvalue weighted by molar-refractivity contribution is 8.00. The minimum Gasteiger partial charge on any atom is -0.497 e. The fourth-order valence-corrected chi connectivity index (χ4v) is 6.49. The number of hydrogen-bond acceptors (Lipinski definition) is 6. The zero-order valence-electron chi connectivity index (χ0n) is 20.9. The Hall–Kier alpha value is -2.74. The lowest BCUT2D eigenvalue weighted by molar-refractivity contribution is -0.116. The summed E-state index contributed by atoms with van der Waals surface area (Å²) in [4.78, 5) is 22.5. The topological polar surface area (TPSA) is 54.9 Å². The lowest BCUT2D eigenvalue weighted by Gasteiger charge is -2.27. The molecule has 0 radical (unpaired) electrons. The second-order valence-corrected chi connectivity index (χ2v) is 10.8. The predicted octanol–water partition coefficient (Wildman–Crippen LogP) is 6.48. The highest BCUT2D eigenvalue weighted by Crippen LogP contribution is 2.54. The molecule has 5 rings (SSSR count). The van der Waals surface area contributed by atoms with Crippen molar-refractivity contribution in [2.75, 3.05) is 25.2 Å². The maximum absolute atomic E-state index is 12.7. The van der Waals surface area contributed by atoms with Gasteiger partial charge in [-0.2, -0.15) is 0 Å². The molecule has 1 aromatic heterocycles. The Bertz CT molecular complexity index is 1260. The quantitative estimate of drug-likeness (QED) is 0.299. The average molecular weight is 524 g/mol. The van der Waals surface area contributed by atoms with Gasteiger partial charge in [0.05, 0.1) is 31.1 Å². The van der Waals surface area contributed by atoms with Gasteiger partial charge in [-0.15, -0.1) is 0 Å². The molecule has 1 amide bonds. The van der Waals surface area contributed by atoms with Crippen LogP contribution in [0.3, 0.4) is 0 Å². The number of anilines is 1. The molecule has 2 heterocycles. The largest absolute Gasteiger partial charge is 0.497 e. The molecule has 188 valence electrons. The summed E-state index contributed by atoms with van der Waals surface area (Å²) in [5.41, 5.74) is 4.28. The smallest absolute Gasteiger partial charge is 0.225 e. The molecule has 6 nitrogen and oxygen atoms in total. The van der Waals surface area contributed by atoms with E-state index in [2.05, 4.69) is 29.8 Å². The summed E-state index contributed by atoms with van der Waals surface area (Å²) in [5, 5.41) is 0.385. The van der Waals surface area contributed by atoms with Crippen LogP contribution >= 0.6 is 23.4 Å². The number of thioether (sulfide) groups is 1. The van der Waals surface area contributed by atoms with Crippen LogP contribution in [0.2, 0.25) is 5.02 Å². The van der Waals surface area contributed by atoms with Gasteiger partial charge in [-0.05, 0) is 68.3 Å². The van der Waals surface area contributed by atoms with Gasteiger partial charge in [0.15, 0.2) is 0 Å². The number of carbonyl (C=O) groups excluding carboxylic acids is 1. The van der Waals surface area contributed by atoms with Crippen molar-refractivity contribution < 1.29 is 14.3 Å². The minimum atomic E-state index is -0.264. The maximum atomic E-state index is 12.7. The Labute approximate surface area is 221 Å². The molecule has 0 spiro atoms. The van der Waals surface area contributed by atoms with Crippen LogP contribution in [-0.2, 0) is 4.79 Å². The zero-order chi connectivity index (χ0) is 25.4. The summed E-state index contributed by atoms with van der Waals surface area (Å²) < 4.78 is 11.8. The zero-order valence-corrected chi connectivity index (χ0v) is 22.5. The molecule has 3 aromatic rings. The van der Waals surface area contributed by atoms with Crippen molar-refractivity contribution >= 4 is 35.0 Å². The van der Waals surface area contributed by atoms with Gasteiger partial charge in [-0.25, -0.2) is 0 Å². The molecule has 0 fully saturated rings. The number of aromatic nitrogens is 1. The second-order valence-electron chi connectivity index (χ2n) is 9.29. The molecule has 36 heavy (non-hydrogen) atoms. The van der Waals surface area contributed by atoms with Crippen molar-refractivity contribution in [3.05, 3.63) is 76.6 Å². The molecule has 2 atom stereocenters. The van der Waals surface area contributed by atoms with Crippen LogP contribution in [0.15, 0.2) is 59.6 Å². The molecular weight excluding hydrogens is 494 g/mol. The van der Waals surface area contributed by atoms with Crippen LogP contribution in [-0.4, -0.2) is 42.1 Å². The van der Waals surface area contributed by atoms with Crippen LogP contribution in [0, 0.1) is 0 Å². The SMILES string of the molecule is COc1ccc(OCCCN(C(C)C)C2c3cccnc32)c(C2Sc3cc(Cl)ccc3N2C(C)=O)c1. The lowest BCUT2D eigenvalue weighted by Crippen LogP contribution is -2.31. The summed E-state index contributed by atoms with van der Waals surface area (Å²) in [7, 11) is 1.64. The van der Waals surface area contributed by atoms with Crippen LogP contribution in [0.25, 0.3) is 0 Å². The number of halogens is 1. The van der Waals surface area contributed by atoms with Gasteiger partial charge in [0, 0.05) is 41.2 Å². The predicted molar refractivity (Wildman–Crippen MR) is 144 cm³/mol. The van der Waals surface area contributed by atoms with E-state index in [0.717, 1.165) is 40.6 Å². The third kappa shape index (κ3) is 4.80. The van der Waals surface area contributed by atoms with E-state index in [1.165, 1.54) is 11.3 Å². The fraction of sp³-hybridized carbons (Fsp3) is 0.357. The highest BCUT2D eigenvalue weighted by Gasteiger charge is 2.40. The number of pyridine rings is 1. The van der Waals surface area contributed by atoms with Crippen LogP contribution < -0.4 is 14.4 Å². The van der Waals surface area contributed by atoms with Crippen molar-refractivity contribution in [2.24, 2.45) is 0 Å². The number of ether oxygens (including phenoxy) is 2.